The topological polar surface area (TPSA) is 44.6 Å². The summed E-state index contributed by atoms with van der Waals surface area (Å²) in [6.45, 7) is 0.104. The molecule has 4 heteroatoms. The zero-order valence-corrected chi connectivity index (χ0v) is 6.64. The van der Waals surface area contributed by atoms with Crippen LogP contribution in [0, 0.1) is 0 Å². The number of rotatable bonds is 1. The standard InChI is InChI=1S/C7H8N2OS/c10-4-5-1-2-6-7(3-5)9-11-8-6/h1-3,7,9-10H,4H2. The van der Waals surface area contributed by atoms with Crippen molar-refractivity contribution in [3.05, 3.63) is 23.8 Å². The average Bonchev–Trinajstić information content (AvgIpc) is 2.50. The molecule has 1 unspecified atom stereocenters. The molecule has 0 saturated heterocycles. The molecule has 0 aromatic carbocycles. The molecular formula is C7H8N2OS. The first-order chi connectivity index (χ1) is 5.40. The predicted molar refractivity (Wildman–Crippen MR) is 46.3 cm³/mol. The molecule has 0 aromatic rings. The lowest BCUT2D eigenvalue weighted by molar-refractivity contribution is 0.334. The third-order valence-electron chi connectivity index (χ3n) is 1.68. The number of nitrogens with one attached hydrogen (secondary N) is 1. The van der Waals surface area contributed by atoms with Gasteiger partial charge in [-0.05, 0) is 11.6 Å². The molecule has 0 fully saturated rings. The first-order valence-electron chi connectivity index (χ1n) is 3.39. The molecule has 0 amide bonds. The molecule has 3 nitrogen and oxygen atoms in total. The summed E-state index contributed by atoms with van der Waals surface area (Å²) in [5, 5.41) is 8.82. The van der Waals surface area contributed by atoms with Gasteiger partial charge in [-0.25, -0.2) is 9.12 Å². The molecule has 2 aliphatic rings. The lowest BCUT2D eigenvalue weighted by Crippen LogP contribution is -2.26. The number of nitrogens with zero attached hydrogens (tertiary/aromatic N) is 1. The molecule has 1 atom stereocenters. The minimum Gasteiger partial charge on any atom is -0.392 e. The van der Waals surface area contributed by atoms with Crippen molar-refractivity contribution in [2.45, 2.75) is 6.04 Å². The summed E-state index contributed by atoms with van der Waals surface area (Å²) in [6.07, 6.45) is 5.81. The van der Waals surface area contributed by atoms with Gasteiger partial charge in [0.2, 0.25) is 0 Å². The maximum Gasteiger partial charge on any atom is 0.0804 e. The first kappa shape index (κ1) is 7.09. The van der Waals surface area contributed by atoms with Crippen molar-refractivity contribution in [1.82, 2.24) is 4.72 Å². The van der Waals surface area contributed by atoms with Crippen molar-refractivity contribution in [2.75, 3.05) is 6.61 Å². The molecule has 0 spiro atoms. The highest BCUT2D eigenvalue weighted by Crippen LogP contribution is 2.18. The lowest BCUT2D eigenvalue weighted by atomic mass is 10.0. The normalized spacial score (nSPS) is 27.9. The number of aliphatic hydroxyl groups is 1. The Labute approximate surface area is 69.2 Å². The van der Waals surface area contributed by atoms with E-state index in [0.717, 1.165) is 11.3 Å². The summed E-state index contributed by atoms with van der Waals surface area (Å²) in [7, 11) is 0. The molecule has 11 heavy (non-hydrogen) atoms. The number of hydrogen-bond donors (Lipinski definition) is 2. The van der Waals surface area contributed by atoms with E-state index in [1.165, 1.54) is 12.1 Å². The highest BCUT2D eigenvalue weighted by Gasteiger charge is 2.19. The highest BCUT2D eigenvalue weighted by atomic mass is 32.2. The van der Waals surface area contributed by atoms with Crippen LogP contribution < -0.4 is 4.72 Å². The highest BCUT2D eigenvalue weighted by molar-refractivity contribution is 7.96. The molecule has 0 bridgehead atoms. The fraction of sp³-hybridized carbons (Fsp3) is 0.286. The average molecular weight is 168 g/mol. The molecule has 1 aliphatic carbocycles. The second kappa shape index (κ2) is 2.81. The number of aliphatic hydroxyl groups excluding tert-OH is 1. The molecule has 0 radical (unpaired) electrons. The van der Waals surface area contributed by atoms with Gasteiger partial charge in [-0.1, -0.05) is 12.2 Å². The number of hydrogen-bond acceptors (Lipinski definition) is 4. The van der Waals surface area contributed by atoms with E-state index in [4.69, 9.17) is 5.11 Å². The second-order valence-corrected chi connectivity index (χ2v) is 3.04. The third-order valence-corrected chi connectivity index (χ3v) is 2.34. The maximum atomic E-state index is 8.82. The van der Waals surface area contributed by atoms with Crippen LogP contribution in [0.1, 0.15) is 0 Å². The van der Waals surface area contributed by atoms with Crippen LogP contribution in [-0.4, -0.2) is 23.5 Å². The Morgan fingerprint density at radius 1 is 1.64 bits per heavy atom. The quantitative estimate of drug-likeness (QED) is 0.559. The van der Waals surface area contributed by atoms with E-state index >= 15 is 0 Å². The van der Waals surface area contributed by atoms with E-state index in [9.17, 15) is 0 Å². The van der Waals surface area contributed by atoms with Crippen molar-refractivity contribution in [2.24, 2.45) is 4.40 Å². The summed E-state index contributed by atoms with van der Waals surface area (Å²) >= 11 is 1.35. The fourth-order valence-electron chi connectivity index (χ4n) is 1.07. The van der Waals surface area contributed by atoms with Crippen molar-refractivity contribution in [3.8, 4) is 0 Å². The van der Waals surface area contributed by atoms with Crippen LogP contribution in [-0.2, 0) is 0 Å². The summed E-state index contributed by atoms with van der Waals surface area (Å²) in [5.74, 6) is 0. The zero-order valence-electron chi connectivity index (χ0n) is 5.82. The SMILES string of the molecule is OCC1=CC2NSN=C2C=C1. The Balaban J connectivity index is 2.23. The maximum absolute atomic E-state index is 8.82. The Kier molecular flexibility index (Phi) is 1.81. The van der Waals surface area contributed by atoms with E-state index in [0.29, 0.717) is 0 Å². The molecule has 1 heterocycles. The van der Waals surface area contributed by atoms with Crippen LogP contribution in [0.4, 0.5) is 0 Å². The third kappa shape index (κ3) is 1.24. The van der Waals surface area contributed by atoms with Crippen LogP contribution in [0.15, 0.2) is 28.2 Å². The Morgan fingerprint density at radius 3 is 3.36 bits per heavy atom. The van der Waals surface area contributed by atoms with E-state index in [-0.39, 0.29) is 12.6 Å². The van der Waals surface area contributed by atoms with Crippen LogP contribution in [0.3, 0.4) is 0 Å². The van der Waals surface area contributed by atoms with Gasteiger partial charge in [-0.15, -0.1) is 0 Å². The lowest BCUT2D eigenvalue weighted by Gasteiger charge is -2.10. The fourth-order valence-corrected chi connectivity index (χ4v) is 1.71. The van der Waals surface area contributed by atoms with Gasteiger partial charge < -0.3 is 5.11 Å². The monoisotopic (exact) mass is 168 g/mol. The van der Waals surface area contributed by atoms with Crippen molar-refractivity contribution in [3.63, 3.8) is 0 Å². The predicted octanol–water partition coefficient (Wildman–Crippen LogP) is 0.451. The summed E-state index contributed by atoms with van der Waals surface area (Å²) in [6, 6.07) is 0.201. The molecule has 58 valence electrons. The minimum atomic E-state index is 0.104. The van der Waals surface area contributed by atoms with Crippen molar-refractivity contribution >= 4 is 17.8 Å². The number of fused-ring (bicyclic) bond motifs is 1. The molecule has 1 aliphatic heterocycles. The Morgan fingerprint density at radius 2 is 2.55 bits per heavy atom. The van der Waals surface area contributed by atoms with E-state index in [1.54, 1.807) is 0 Å². The van der Waals surface area contributed by atoms with E-state index < -0.39 is 0 Å². The largest absolute Gasteiger partial charge is 0.392 e. The van der Waals surface area contributed by atoms with Gasteiger partial charge in [-0.3, -0.25) is 0 Å². The van der Waals surface area contributed by atoms with Crippen molar-refractivity contribution in [1.29, 1.82) is 0 Å². The minimum absolute atomic E-state index is 0.104. The second-order valence-electron chi connectivity index (χ2n) is 2.44. The molecular weight excluding hydrogens is 160 g/mol. The molecule has 0 aromatic heterocycles. The Bertz CT molecular complexity index is 257. The first-order valence-corrected chi connectivity index (χ1v) is 4.16. The van der Waals surface area contributed by atoms with Gasteiger partial charge in [-0.2, -0.15) is 0 Å². The van der Waals surface area contributed by atoms with Gasteiger partial charge in [0.15, 0.2) is 0 Å². The smallest absolute Gasteiger partial charge is 0.0804 e. The molecule has 2 rings (SSSR count). The van der Waals surface area contributed by atoms with Crippen LogP contribution in [0.2, 0.25) is 0 Å². The Hall–Kier alpha value is -0.580. The van der Waals surface area contributed by atoms with Crippen molar-refractivity contribution < 1.29 is 5.11 Å². The van der Waals surface area contributed by atoms with Gasteiger partial charge in [0.05, 0.1) is 30.5 Å². The molecule has 0 saturated carbocycles. The molecule has 2 N–H and O–H groups in total. The summed E-state index contributed by atoms with van der Waals surface area (Å²) in [5.41, 5.74) is 1.98. The zero-order chi connectivity index (χ0) is 7.68. The van der Waals surface area contributed by atoms with Crippen LogP contribution >= 0.6 is 12.1 Å². The summed E-state index contributed by atoms with van der Waals surface area (Å²) < 4.78 is 7.23. The van der Waals surface area contributed by atoms with Gasteiger partial charge >= 0.3 is 0 Å². The van der Waals surface area contributed by atoms with Gasteiger partial charge in [0, 0.05) is 0 Å². The van der Waals surface area contributed by atoms with Gasteiger partial charge in [0.1, 0.15) is 0 Å². The van der Waals surface area contributed by atoms with Gasteiger partial charge in [0.25, 0.3) is 0 Å². The van der Waals surface area contributed by atoms with Crippen LogP contribution in [0.5, 0.6) is 0 Å². The van der Waals surface area contributed by atoms with E-state index in [2.05, 4.69) is 9.12 Å². The van der Waals surface area contributed by atoms with E-state index in [1.807, 2.05) is 18.2 Å². The van der Waals surface area contributed by atoms with Crippen LogP contribution in [0.25, 0.3) is 0 Å². The summed E-state index contributed by atoms with van der Waals surface area (Å²) in [4.78, 5) is 0.